The monoisotopic (exact) mass is 178 g/mol. The van der Waals surface area contributed by atoms with Gasteiger partial charge in [-0.1, -0.05) is 6.07 Å². The number of carbonyl (C=O) groups excluding carboxylic acids is 1. The van der Waals surface area contributed by atoms with Crippen molar-refractivity contribution in [3.05, 3.63) is 30.3 Å². The fourth-order valence-electron chi connectivity index (χ4n) is 0.912. The van der Waals surface area contributed by atoms with Gasteiger partial charge in [0.25, 0.3) is 0 Å². The lowest BCUT2D eigenvalue weighted by molar-refractivity contribution is -0.114. The Kier molecular flexibility index (Phi) is 2.84. The van der Waals surface area contributed by atoms with Crippen molar-refractivity contribution in [1.29, 1.82) is 0 Å². The van der Waals surface area contributed by atoms with Crippen molar-refractivity contribution >= 4 is 11.7 Å². The average Bonchev–Trinajstić information content (AvgIpc) is 2.04. The van der Waals surface area contributed by atoms with Crippen LogP contribution >= 0.6 is 0 Å². The van der Waals surface area contributed by atoms with Crippen LogP contribution in [0.1, 0.15) is 5.56 Å². The van der Waals surface area contributed by atoms with Crippen molar-refractivity contribution in [1.82, 2.24) is 4.98 Å². The molecule has 2 N–H and O–H groups in total. The summed E-state index contributed by atoms with van der Waals surface area (Å²) in [5.41, 5.74) is 5.71. The summed E-state index contributed by atoms with van der Waals surface area (Å²) in [5.74, 6) is 0.390. The summed E-state index contributed by atoms with van der Waals surface area (Å²) in [5, 5.41) is 0. The SMILES string of the molecule is CN(C)c1ccc([CH]C(N)=O)cn1. The number of nitrogens with zero attached hydrogens (tertiary/aromatic N) is 2. The van der Waals surface area contributed by atoms with E-state index in [1.807, 2.05) is 25.1 Å². The maximum Gasteiger partial charge on any atom is 0.226 e. The van der Waals surface area contributed by atoms with Crippen molar-refractivity contribution in [2.45, 2.75) is 0 Å². The second-order valence-corrected chi connectivity index (χ2v) is 2.89. The maximum atomic E-state index is 10.5. The third kappa shape index (κ3) is 2.74. The standard InChI is InChI=1S/C9H12N3O/c1-12(2)9-4-3-7(6-11-9)5-8(10)13/h3-6H,1-2H3,(H2,10,13). The summed E-state index contributed by atoms with van der Waals surface area (Å²) in [6.45, 7) is 0. The molecule has 4 heteroatoms. The van der Waals surface area contributed by atoms with Crippen molar-refractivity contribution < 1.29 is 4.79 Å². The van der Waals surface area contributed by atoms with Gasteiger partial charge < -0.3 is 10.6 Å². The van der Waals surface area contributed by atoms with E-state index in [1.165, 1.54) is 6.42 Å². The normalized spacial score (nSPS) is 9.69. The maximum absolute atomic E-state index is 10.5. The van der Waals surface area contributed by atoms with Crippen molar-refractivity contribution in [2.75, 3.05) is 19.0 Å². The molecule has 4 nitrogen and oxygen atoms in total. The lowest BCUT2D eigenvalue weighted by atomic mass is 10.2. The number of hydrogen-bond donors (Lipinski definition) is 1. The van der Waals surface area contributed by atoms with E-state index in [-0.39, 0.29) is 0 Å². The average molecular weight is 178 g/mol. The molecular weight excluding hydrogens is 166 g/mol. The first-order valence-electron chi connectivity index (χ1n) is 3.87. The van der Waals surface area contributed by atoms with E-state index < -0.39 is 5.91 Å². The molecule has 0 atom stereocenters. The van der Waals surface area contributed by atoms with Crippen LogP contribution in [0.25, 0.3) is 0 Å². The molecule has 0 saturated heterocycles. The second kappa shape index (κ2) is 3.89. The Morgan fingerprint density at radius 2 is 2.23 bits per heavy atom. The Morgan fingerprint density at radius 3 is 2.62 bits per heavy atom. The number of nitrogens with two attached hydrogens (primary N) is 1. The zero-order chi connectivity index (χ0) is 9.84. The molecular formula is C9H12N3O. The summed E-state index contributed by atoms with van der Waals surface area (Å²) >= 11 is 0. The first-order valence-corrected chi connectivity index (χ1v) is 3.87. The first kappa shape index (κ1) is 9.51. The van der Waals surface area contributed by atoms with E-state index >= 15 is 0 Å². The molecule has 1 radical (unpaired) electrons. The summed E-state index contributed by atoms with van der Waals surface area (Å²) in [4.78, 5) is 16.5. The molecule has 0 unspecified atom stereocenters. The number of anilines is 1. The molecule has 0 aliphatic carbocycles. The molecule has 0 spiro atoms. The van der Waals surface area contributed by atoms with Gasteiger partial charge in [0.2, 0.25) is 5.91 Å². The minimum atomic E-state index is -0.459. The number of aromatic nitrogens is 1. The highest BCUT2D eigenvalue weighted by molar-refractivity contribution is 5.86. The van der Waals surface area contributed by atoms with Gasteiger partial charge in [0.05, 0.1) is 6.42 Å². The van der Waals surface area contributed by atoms with Gasteiger partial charge in [-0.05, 0) is 11.6 Å². The van der Waals surface area contributed by atoms with E-state index in [2.05, 4.69) is 4.98 Å². The summed E-state index contributed by atoms with van der Waals surface area (Å²) < 4.78 is 0. The van der Waals surface area contributed by atoms with Gasteiger partial charge in [0.1, 0.15) is 5.82 Å². The third-order valence-electron chi connectivity index (χ3n) is 1.54. The predicted molar refractivity (Wildman–Crippen MR) is 51.2 cm³/mol. The van der Waals surface area contributed by atoms with Crippen LogP contribution < -0.4 is 10.6 Å². The van der Waals surface area contributed by atoms with Gasteiger partial charge in [-0.3, -0.25) is 4.79 Å². The number of rotatable bonds is 3. The molecule has 1 rings (SSSR count). The molecule has 1 heterocycles. The van der Waals surface area contributed by atoms with E-state index in [9.17, 15) is 4.79 Å². The summed E-state index contributed by atoms with van der Waals surface area (Å²) in [6.07, 6.45) is 2.95. The summed E-state index contributed by atoms with van der Waals surface area (Å²) in [6, 6.07) is 3.63. The van der Waals surface area contributed by atoms with E-state index in [0.29, 0.717) is 0 Å². The van der Waals surface area contributed by atoms with E-state index in [0.717, 1.165) is 11.4 Å². The molecule has 69 valence electrons. The van der Waals surface area contributed by atoms with Gasteiger partial charge in [-0.25, -0.2) is 4.98 Å². The van der Waals surface area contributed by atoms with Crippen molar-refractivity contribution in [2.24, 2.45) is 5.73 Å². The predicted octanol–water partition coefficient (Wildman–Crippen LogP) is 0.185. The Bertz CT molecular complexity index is 292. The highest BCUT2D eigenvalue weighted by Crippen LogP contribution is 2.08. The number of carbonyl (C=O) groups is 1. The molecule has 1 aromatic rings. The molecule has 1 aromatic heterocycles. The third-order valence-corrected chi connectivity index (χ3v) is 1.54. The van der Waals surface area contributed by atoms with Crippen LogP contribution in [-0.2, 0) is 4.79 Å². The molecule has 0 bridgehead atoms. The lowest BCUT2D eigenvalue weighted by Gasteiger charge is -2.10. The van der Waals surface area contributed by atoms with Crippen molar-refractivity contribution in [3.63, 3.8) is 0 Å². The number of hydrogen-bond acceptors (Lipinski definition) is 3. The van der Waals surface area contributed by atoms with E-state index in [1.54, 1.807) is 12.3 Å². The quantitative estimate of drug-likeness (QED) is 0.718. The van der Waals surface area contributed by atoms with Crippen LogP contribution in [0.2, 0.25) is 0 Å². The fraction of sp³-hybridized carbons (Fsp3) is 0.222. The Labute approximate surface area is 77.4 Å². The van der Waals surface area contributed by atoms with Crippen LogP contribution in [-0.4, -0.2) is 25.0 Å². The molecule has 0 saturated carbocycles. The van der Waals surface area contributed by atoms with Gasteiger partial charge in [-0.2, -0.15) is 0 Å². The zero-order valence-corrected chi connectivity index (χ0v) is 7.69. The van der Waals surface area contributed by atoms with Gasteiger partial charge in [-0.15, -0.1) is 0 Å². The highest BCUT2D eigenvalue weighted by Gasteiger charge is 2.00. The largest absolute Gasteiger partial charge is 0.369 e. The number of pyridine rings is 1. The molecule has 13 heavy (non-hydrogen) atoms. The second-order valence-electron chi connectivity index (χ2n) is 2.89. The minimum Gasteiger partial charge on any atom is -0.369 e. The van der Waals surface area contributed by atoms with Gasteiger partial charge in [0, 0.05) is 20.3 Å². The lowest BCUT2D eigenvalue weighted by Crippen LogP contribution is -2.13. The first-order chi connectivity index (χ1) is 6.09. The summed E-state index contributed by atoms with van der Waals surface area (Å²) in [7, 11) is 3.81. The van der Waals surface area contributed by atoms with Crippen LogP contribution in [0.4, 0.5) is 5.82 Å². The molecule has 0 fully saturated rings. The minimum absolute atomic E-state index is 0.459. The molecule has 1 amide bonds. The fourth-order valence-corrected chi connectivity index (χ4v) is 0.912. The van der Waals surface area contributed by atoms with Crippen molar-refractivity contribution in [3.8, 4) is 0 Å². The Balaban J connectivity index is 2.75. The Hall–Kier alpha value is -1.58. The Morgan fingerprint density at radius 1 is 1.54 bits per heavy atom. The smallest absolute Gasteiger partial charge is 0.226 e. The molecule has 0 aliphatic rings. The van der Waals surface area contributed by atoms with Crippen LogP contribution in [0.15, 0.2) is 18.3 Å². The molecule has 0 aliphatic heterocycles. The van der Waals surface area contributed by atoms with Crippen LogP contribution in [0.5, 0.6) is 0 Å². The van der Waals surface area contributed by atoms with E-state index in [4.69, 9.17) is 5.73 Å². The van der Waals surface area contributed by atoms with Crippen LogP contribution in [0.3, 0.4) is 0 Å². The van der Waals surface area contributed by atoms with Crippen LogP contribution in [0, 0.1) is 6.42 Å². The highest BCUT2D eigenvalue weighted by atomic mass is 16.1. The zero-order valence-electron chi connectivity index (χ0n) is 7.69. The van der Waals surface area contributed by atoms with Gasteiger partial charge >= 0.3 is 0 Å². The number of amides is 1. The van der Waals surface area contributed by atoms with Gasteiger partial charge in [0.15, 0.2) is 0 Å². The molecule has 0 aromatic carbocycles. The number of primary amides is 1. The topological polar surface area (TPSA) is 59.2 Å².